The summed E-state index contributed by atoms with van der Waals surface area (Å²) in [6, 6.07) is 3.50. The second-order valence-corrected chi connectivity index (χ2v) is 4.39. The Labute approximate surface area is 88.9 Å². The van der Waals surface area contributed by atoms with E-state index >= 15 is 0 Å². The van der Waals surface area contributed by atoms with Gasteiger partial charge in [0.05, 0.1) is 5.69 Å². The van der Waals surface area contributed by atoms with Crippen molar-refractivity contribution in [3.8, 4) is 0 Å². The molecule has 1 saturated carbocycles. The van der Waals surface area contributed by atoms with Gasteiger partial charge in [0, 0.05) is 11.2 Å². The third kappa shape index (κ3) is 1.91. The average molecular weight is 212 g/mol. The van der Waals surface area contributed by atoms with Crippen LogP contribution in [0.5, 0.6) is 0 Å². The van der Waals surface area contributed by atoms with Gasteiger partial charge in [0.1, 0.15) is 5.60 Å². The Morgan fingerprint density at radius 2 is 2.00 bits per heavy atom. The van der Waals surface area contributed by atoms with Crippen molar-refractivity contribution in [2.75, 3.05) is 0 Å². The summed E-state index contributed by atoms with van der Waals surface area (Å²) in [4.78, 5) is 4.20. The number of hydrogen-bond donors (Lipinski definition) is 1. The topological polar surface area (TPSA) is 33.1 Å². The van der Waals surface area contributed by atoms with Crippen LogP contribution in [0.15, 0.2) is 18.3 Å². The molecule has 0 aliphatic heterocycles. The second kappa shape index (κ2) is 3.87. The van der Waals surface area contributed by atoms with Gasteiger partial charge < -0.3 is 5.11 Å². The molecule has 1 N–H and O–H groups in total. The van der Waals surface area contributed by atoms with E-state index in [9.17, 15) is 5.11 Å². The van der Waals surface area contributed by atoms with Gasteiger partial charge in [-0.3, -0.25) is 4.98 Å². The minimum Gasteiger partial charge on any atom is -0.384 e. The summed E-state index contributed by atoms with van der Waals surface area (Å²) >= 11 is 5.87. The molecule has 0 spiro atoms. The van der Waals surface area contributed by atoms with Crippen LogP contribution in [0.2, 0.25) is 5.02 Å². The Morgan fingerprint density at radius 3 is 2.64 bits per heavy atom. The largest absolute Gasteiger partial charge is 0.384 e. The van der Waals surface area contributed by atoms with Gasteiger partial charge >= 0.3 is 0 Å². The molecule has 76 valence electrons. The zero-order valence-electron chi connectivity index (χ0n) is 8.04. The molecule has 3 heteroatoms. The lowest BCUT2D eigenvalue weighted by Crippen LogP contribution is -2.29. The van der Waals surface area contributed by atoms with E-state index in [1.54, 1.807) is 18.3 Å². The molecule has 2 rings (SSSR count). The molecule has 1 heterocycles. The summed E-state index contributed by atoms with van der Waals surface area (Å²) in [6.45, 7) is 0. The number of pyridine rings is 1. The van der Waals surface area contributed by atoms with Gasteiger partial charge in [0.2, 0.25) is 0 Å². The molecule has 1 aromatic rings. The van der Waals surface area contributed by atoms with E-state index in [2.05, 4.69) is 4.98 Å². The van der Waals surface area contributed by atoms with E-state index in [4.69, 9.17) is 11.6 Å². The van der Waals surface area contributed by atoms with Crippen molar-refractivity contribution < 1.29 is 5.11 Å². The molecular formula is C11H14ClNO. The predicted octanol–water partition coefficient (Wildman–Crippen LogP) is 2.89. The van der Waals surface area contributed by atoms with Crippen LogP contribution in [0.25, 0.3) is 0 Å². The molecule has 2 nitrogen and oxygen atoms in total. The zero-order valence-corrected chi connectivity index (χ0v) is 8.80. The van der Waals surface area contributed by atoms with Gasteiger partial charge in [0.25, 0.3) is 0 Å². The van der Waals surface area contributed by atoms with E-state index < -0.39 is 5.60 Å². The third-order valence-corrected chi connectivity index (χ3v) is 3.11. The maximum absolute atomic E-state index is 10.3. The lowest BCUT2D eigenvalue weighted by Gasteiger charge is -2.31. The maximum Gasteiger partial charge on any atom is 0.107 e. The van der Waals surface area contributed by atoms with Crippen LogP contribution in [0, 0.1) is 0 Å². The first kappa shape index (κ1) is 9.94. The van der Waals surface area contributed by atoms with Crippen LogP contribution in [-0.2, 0) is 5.60 Å². The Balaban J connectivity index is 2.28. The molecule has 0 atom stereocenters. The maximum atomic E-state index is 10.3. The molecule has 0 radical (unpaired) electrons. The van der Waals surface area contributed by atoms with Gasteiger partial charge in [-0.2, -0.15) is 0 Å². The van der Waals surface area contributed by atoms with Crippen molar-refractivity contribution in [1.29, 1.82) is 0 Å². The first-order chi connectivity index (χ1) is 6.71. The quantitative estimate of drug-likeness (QED) is 0.775. The molecule has 1 aromatic heterocycles. The number of nitrogens with zero attached hydrogens (tertiary/aromatic N) is 1. The fourth-order valence-electron chi connectivity index (χ4n) is 2.05. The van der Waals surface area contributed by atoms with Crippen molar-refractivity contribution in [1.82, 2.24) is 4.98 Å². The molecular weight excluding hydrogens is 198 g/mol. The van der Waals surface area contributed by atoms with Crippen molar-refractivity contribution in [2.45, 2.75) is 37.7 Å². The molecule has 0 amide bonds. The van der Waals surface area contributed by atoms with Crippen LogP contribution < -0.4 is 0 Å². The number of rotatable bonds is 1. The number of halogens is 1. The average Bonchev–Trinajstić information content (AvgIpc) is 2.19. The van der Waals surface area contributed by atoms with Gasteiger partial charge in [-0.1, -0.05) is 30.9 Å². The highest BCUT2D eigenvalue weighted by Crippen LogP contribution is 2.36. The van der Waals surface area contributed by atoms with Gasteiger partial charge in [0.15, 0.2) is 0 Å². The van der Waals surface area contributed by atoms with Crippen LogP contribution in [0.3, 0.4) is 0 Å². The van der Waals surface area contributed by atoms with Gasteiger partial charge in [-0.25, -0.2) is 0 Å². The van der Waals surface area contributed by atoms with E-state index in [-0.39, 0.29) is 0 Å². The molecule has 1 aliphatic carbocycles. The van der Waals surface area contributed by atoms with Gasteiger partial charge in [-0.05, 0) is 25.0 Å². The fraction of sp³-hybridized carbons (Fsp3) is 0.545. The van der Waals surface area contributed by atoms with Crippen molar-refractivity contribution in [3.05, 3.63) is 29.0 Å². The Morgan fingerprint density at radius 1 is 1.29 bits per heavy atom. The highest BCUT2D eigenvalue weighted by Gasteiger charge is 2.32. The summed E-state index contributed by atoms with van der Waals surface area (Å²) in [5.74, 6) is 0. The first-order valence-electron chi connectivity index (χ1n) is 5.05. The summed E-state index contributed by atoms with van der Waals surface area (Å²) in [7, 11) is 0. The van der Waals surface area contributed by atoms with E-state index in [0.717, 1.165) is 31.4 Å². The number of aromatic nitrogens is 1. The van der Waals surface area contributed by atoms with Crippen LogP contribution in [0.4, 0.5) is 0 Å². The summed E-state index contributed by atoms with van der Waals surface area (Å²) in [6.07, 6.45) is 6.63. The Hall–Kier alpha value is -0.600. The summed E-state index contributed by atoms with van der Waals surface area (Å²) < 4.78 is 0. The molecule has 0 aromatic carbocycles. The molecule has 0 saturated heterocycles. The molecule has 1 fully saturated rings. The van der Waals surface area contributed by atoms with Gasteiger partial charge in [-0.15, -0.1) is 0 Å². The molecule has 14 heavy (non-hydrogen) atoms. The van der Waals surface area contributed by atoms with Crippen molar-refractivity contribution in [3.63, 3.8) is 0 Å². The Bertz CT molecular complexity index is 321. The van der Waals surface area contributed by atoms with E-state index in [1.807, 2.05) is 0 Å². The van der Waals surface area contributed by atoms with Crippen molar-refractivity contribution in [2.24, 2.45) is 0 Å². The van der Waals surface area contributed by atoms with Crippen molar-refractivity contribution >= 4 is 11.6 Å². The molecule has 1 aliphatic rings. The zero-order chi connectivity index (χ0) is 10.0. The lowest BCUT2D eigenvalue weighted by atomic mass is 9.82. The first-order valence-corrected chi connectivity index (χ1v) is 5.43. The normalized spacial score (nSPS) is 20.7. The third-order valence-electron chi connectivity index (χ3n) is 2.88. The minimum atomic E-state index is -0.733. The van der Waals surface area contributed by atoms with Crippen LogP contribution >= 0.6 is 11.6 Å². The molecule has 0 bridgehead atoms. The predicted molar refractivity (Wildman–Crippen MR) is 56.2 cm³/mol. The van der Waals surface area contributed by atoms with Crippen LogP contribution in [-0.4, -0.2) is 10.1 Å². The van der Waals surface area contributed by atoms with E-state index in [1.165, 1.54) is 6.42 Å². The highest BCUT2D eigenvalue weighted by molar-refractivity contribution is 6.30. The number of aliphatic hydroxyl groups is 1. The lowest BCUT2D eigenvalue weighted by molar-refractivity contribution is -0.00462. The molecule has 0 unspecified atom stereocenters. The van der Waals surface area contributed by atoms with Crippen LogP contribution in [0.1, 0.15) is 37.8 Å². The number of hydrogen-bond acceptors (Lipinski definition) is 2. The summed E-state index contributed by atoms with van der Waals surface area (Å²) in [5, 5.41) is 11.0. The minimum absolute atomic E-state index is 0.647. The summed E-state index contributed by atoms with van der Waals surface area (Å²) in [5.41, 5.74) is -0.00641. The van der Waals surface area contributed by atoms with E-state index in [0.29, 0.717) is 5.02 Å². The highest BCUT2D eigenvalue weighted by atomic mass is 35.5. The standard InChI is InChI=1S/C11H14ClNO/c12-9-4-7-13-10(8-9)11(14)5-2-1-3-6-11/h4,7-8,14H,1-3,5-6H2. The fourth-order valence-corrected chi connectivity index (χ4v) is 2.21. The second-order valence-electron chi connectivity index (χ2n) is 3.95. The SMILES string of the molecule is OC1(c2cc(Cl)ccn2)CCCCC1. The smallest absolute Gasteiger partial charge is 0.107 e. The Kier molecular flexibility index (Phi) is 2.75. The monoisotopic (exact) mass is 211 g/mol.